The normalized spacial score (nSPS) is 10.7. The summed E-state index contributed by atoms with van der Waals surface area (Å²) >= 11 is 0. The van der Waals surface area contributed by atoms with Crippen molar-refractivity contribution in [2.45, 2.75) is 6.54 Å². The number of aromatic nitrogens is 4. The Morgan fingerprint density at radius 2 is 2.15 bits per heavy atom. The molecular formula is C14H15N5O. The lowest BCUT2D eigenvalue weighted by Crippen LogP contribution is -2.07. The third-order valence-electron chi connectivity index (χ3n) is 3.18. The molecule has 0 spiro atoms. The summed E-state index contributed by atoms with van der Waals surface area (Å²) in [7, 11) is 3.61. The van der Waals surface area contributed by atoms with E-state index in [1.165, 1.54) is 0 Å². The lowest BCUT2D eigenvalue weighted by Gasteiger charge is -2.09. The first-order valence-corrected chi connectivity index (χ1v) is 6.27. The van der Waals surface area contributed by atoms with Gasteiger partial charge in [0.2, 0.25) is 0 Å². The Labute approximate surface area is 116 Å². The summed E-state index contributed by atoms with van der Waals surface area (Å²) in [5.74, 6) is 2.53. The highest BCUT2D eigenvalue weighted by Crippen LogP contribution is 2.23. The number of fused-ring (bicyclic) bond motifs is 1. The van der Waals surface area contributed by atoms with Crippen molar-refractivity contribution in [3.8, 4) is 5.75 Å². The highest BCUT2D eigenvalue weighted by Gasteiger charge is 2.06. The molecule has 0 saturated carbocycles. The summed E-state index contributed by atoms with van der Waals surface area (Å²) in [5.41, 5.74) is 0.849. The zero-order valence-corrected chi connectivity index (χ0v) is 11.4. The minimum absolute atomic E-state index is 0.613. The monoisotopic (exact) mass is 269 g/mol. The summed E-state index contributed by atoms with van der Waals surface area (Å²) in [5, 5.41) is 4.25. The third-order valence-corrected chi connectivity index (χ3v) is 3.18. The van der Waals surface area contributed by atoms with Crippen molar-refractivity contribution in [2.24, 2.45) is 7.05 Å². The number of rotatable bonds is 4. The van der Waals surface area contributed by atoms with Crippen LogP contribution in [-0.2, 0) is 13.6 Å². The van der Waals surface area contributed by atoms with E-state index in [-0.39, 0.29) is 0 Å². The highest BCUT2D eigenvalue weighted by atomic mass is 16.5. The minimum atomic E-state index is 0.613. The van der Waals surface area contributed by atoms with Crippen LogP contribution in [0.25, 0.3) is 10.9 Å². The van der Waals surface area contributed by atoms with E-state index in [4.69, 9.17) is 4.74 Å². The van der Waals surface area contributed by atoms with E-state index in [2.05, 4.69) is 20.3 Å². The quantitative estimate of drug-likeness (QED) is 0.784. The molecule has 2 heterocycles. The maximum absolute atomic E-state index is 5.20. The molecule has 1 N–H and O–H groups in total. The molecule has 2 aromatic heterocycles. The highest BCUT2D eigenvalue weighted by molar-refractivity contribution is 5.89. The summed E-state index contributed by atoms with van der Waals surface area (Å²) < 4.78 is 7.17. The van der Waals surface area contributed by atoms with Crippen LogP contribution in [0.5, 0.6) is 5.75 Å². The second-order valence-corrected chi connectivity index (χ2v) is 4.41. The Kier molecular flexibility index (Phi) is 3.20. The van der Waals surface area contributed by atoms with Crippen LogP contribution in [0.2, 0.25) is 0 Å². The third kappa shape index (κ3) is 2.27. The van der Waals surface area contributed by atoms with Crippen molar-refractivity contribution in [1.82, 2.24) is 19.5 Å². The largest absolute Gasteiger partial charge is 0.497 e. The number of aryl methyl sites for hydroxylation is 1. The molecular weight excluding hydrogens is 254 g/mol. The van der Waals surface area contributed by atoms with Crippen molar-refractivity contribution >= 4 is 16.7 Å². The Morgan fingerprint density at radius 3 is 2.90 bits per heavy atom. The molecule has 0 atom stereocenters. The predicted octanol–water partition coefficient (Wildman–Crippen LogP) is 1.98. The van der Waals surface area contributed by atoms with Gasteiger partial charge in [-0.05, 0) is 12.1 Å². The number of hydrogen-bond acceptors (Lipinski definition) is 5. The van der Waals surface area contributed by atoms with Crippen LogP contribution in [-0.4, -0.2) is 26.6 Å². The molecule has 102 valence electrons. The molecule has 0 amide bonds. The minimum Gasteiger partial charge on any atom is -0.497 e. The molecule has 0 saturated heterocycles. The zero-order valence-electron chi connectivity index (χ0n) is 11.4. The van der Waals surface area contributed by atoms with E-state index in [9.17, 15) is 0 Å². The van der Waals surface area contributed by atoms with Gasteiger partial charge in [-0.15, -0.1) is 0 Å². The van der Waals surface area contributed by atoms with Crippen LogP contribution < -0.4 is 10.1 Å². The van der Waals surface area contributed by atoms with Gasteiger partial charge in [-0.1, -0.05) is 0 Å². The van der Waals surface area contributed by atoms with Crippen molar-refractivity contribution in [3.05, 3.63) is 42.7 Å². The van der Waals surface area contributed by atoms with Gasteiger partial charge in [-0.3, -0.25) is 0 Å². The Morgan fingerprint density at radius 1 is 1.25 bits per heavy atom. The Hall–Kier alpha value is -2.63. The van der Waals surface area contributed by atoms with Gasteiger partial charge in [0, 0.05) is 30.9 Å². The molecule has 1 aromatic carbocycles. The smallest absolute Gasteiger partial charge is 0.137 e. The Bertz CT molecular complexity index is 737. The first-order chi connectivity index (χ1) is 9.78. The fourth-order valence-corrected chi connectivity index (χ4v) is 2.03. The molecule has 0 aliphatic heterocycles. The van der Waals surface area contributed by atoms with Gasteiger partial charge in [0.05, 0.1) is 19.2 Å². The van der Waals surface area contributed by atoms with Crippen molar-refractivity contribution in [1.29, 1.82) is 0 Å². The van der Waals surface area contributed by atoms with Gasteiger partial charge < -0.3 is 14.6 Å². The number of ether oxygens (including phenoxy) is 1. The van der Waals surface area contributed by atoms with Gasteiger partial charge in [-0.25, -0.2) is 15.0 Å². The van der Waals surface area contributed by atoms with E-state index in [1.807, 2.05) is 36.0 Å². The van der Waals surface area contributed by atoms with E-state index in [0.717, 1.165) is 28.3 Å². The first kappa shape index (κ1) is 12.4. The van der Waals surface area contributed by atoms with Crippen LogP contribution >= 0.6 is 0 Å². The molecule has 20 heavy (non-hydrogen) atoms. The van der Waals surface area contributed by atoms with E-state index in [0.29, 0.717) is 6.54 Å². The average Bonchev–Trinajstić information content (AvgIpc) is 2.89. The van der Waals surface area contributed by atoms with Crippen LogP contribution in [0.3, 0.4) is 0 Å². The summed E-state index contributed by atoms with van der Waals surface area (Å²) in [6.07, 6.45) is 5.24. The standard InChI is InChI=1S/C14H15N5O/c1-19-6-5-15-13(19)8-16-14-11-4-3-10(20-2)7-12(11)17-9-18-14/h3-7,9H,8H2,1-2H3,(H,16,17,18). The van der Waals surface area contributed by atoms with Crippen molar-refractivity contribution < 1.29 is 4.74 Å². The van der Waals surface area contributed by atoms with Gasteiger partial charge in [0.1, 0.15) is 23.7 Å². The number of benzene rings is 1. The second-order valence-electron chi connectivity index (χ2n) is 4.41. The number of methoxy groups -OCH3 is 1. The fourth-order valence-electron chi connectivity index (χ4n) is 2.03. The number of hydrogen-bond donors (Lipinski definition) is 1. The summed E-state index contributed by atoms with van der Waals surface area (Å²) in [6, 6.07) is 5.75. The molecule has 0 aliphatic carbocycles. The maximum Gasteiger partial charge on any atom is 0.137 e. The zero-order chi connectivity index (χ0) is 13.9. The van der Waals surface area contributed by atoms with E-state index in [1.54, 1.807) is 19.6 Å². The maximum atomic E-state index is 5.20. The fraction of sp³-hybridized carbons (Fsp3) is 0.214. The number of nitrogens with one attached hydrogen (secondary N) is 1. The first-order valence-electron chi connectivity index (χ1n) is 6.27. The number of imidazole rings is 1. The van der Waals surface area contributed by atoms with E-state index < -0.39 is 0 Å². The Balaban J connectivity index is 1.90. The van der Waals surface area contributed by atoms with Crippen LogP contribution in [0.15, 0.2) is 36.9 Å². The summed E-state index contributed by atoms with van der Waals surface area (Å²) in [4.78, 5) is 12.8. The molecule has 0 aliphatic rings. The average molecular weight is 269 g/mol. The van der Waals surface area contributed by atoms with Gasteiger partial charge >= 0.3 is 0 Å². The molecule has 3 aromatic rings. The molecule has 6 nitrogen and oxygen atoms in total. The van der Waals surface area contributed by atoms with Crippen LogP contribution in [0, 0.1) is 0 Å². The molecule has 0 fully saturated rings. The van der Waals surface area contributed by atoms with Crippen LogP contribution in [0.4, 0.5) is 5.82 Å². The van der Waals surface area contributed by atoms with Gasteiger partial charge in [0.25, 0.3) is 0 Å². The number of nitrogens with zero attached hydrogens (tertiary/aromatic N) is 4. The van der Waals surface area contributed by atoms with Crippen molar-refractivity contribution in [3.63, 3.8) is 0 Å². The topological polar surface area (TPSA) is 64.9 Å². The number of anilines is 1. The second kappa shape index (κ2) is 5.16. The predicted molar refractivity (Wildman–Crippen MR) is 76.6 cm³/mol. The van der Waals surface area contributed by atoms with Gasteiger partial charge in [0.15, 0.2) is 0 Å². The van der Waals surface area contributed by atoms with Crippen LogP contribution in [0.1, 0.15) is 5.82 Å². The SMILES string of the molecule is COc1ccc2c(NCc3nccn3C)ncnc2c1. The molecule has 3 rings (SSSR count). The summed E-state index contributed by atoms with van der Waals surface area (Å²) in [6.45, 7) is 0.613. The lowest BCUT2D eigenvalue weighted by molar-refractivity contribution is 0.415. The molecule has 0 radical (unpaired) electrons. The van der Waals surface area contributed by atoms with E-state index >= 15 is 0 Å². The van der Waals surface area contributed by atoms with Crippen molar-refractivity contribution in [2.75, 3.05) is 12.4 Å². The molecule has 6 heteroatoms. The lowest BCUT2D eigenvalue weighted by atomic mass is 10.2. The van der Waals surface area contributed by atoms with Gasteiger partial charge in [-0.2, -0.15) is 0 Å². The molecule has 0 bridgehead atoms. The molecule has 0 unspecified atom stereocenters.